The molecule has 1 aliphatic heterocycles. The predicted molar refractivity (Wildman–Crippen MR) is 129 cm³/mol. The van der Waals surface area contributed by atoms with Crippen molar-refractivity contribution >= 4 is 11.8 Å². The number of carbonyl (C=O) groups excluding carboxylic acids is 2. The van der Waals surface area contributed by atoms with E-state index in [2.05, 4.69) is 15.3 Å². The Balaban J connectivity index is 1.52. The van der Waals surface area contributed by atoms with Crippen LogP contribution in [-0.4, -0.2) is 39.5 Å². The quantitative estimate of drug-likeness (QED) is 0.558. The van der Waals surface area contributed by atoms with Crippen molar-refractivity contribution in [1.29, 1.82) is 0 Å². The van der Waals surface area contributed by atoms with Crippen LogP contribution in [0.25, 0.3) is 0 Å². The molecule has 2 amide bonds. The first kappa shape index (κ1) is 22.8. The van der Waals surface area contributed by atoms with E-state index in [1.807, 2.05) is 48.5 Å². The fourth-order valence-corrected chi connectivity index (χ4v) is 4.71. The molecule has 0 bridgehead atoms. The van der Waals surface area contributed by atoms with Gasteiger partial charge in [-0.05, 0) is 36.1 Å². The SMILES string of the molecule is O=C(NC1CCCCC1)[C@H](c1ccccc1)N(Cc1ccc2c(c1)OCO2)C(=O)c1cnccn1. The lowest BCUT2D eigenvalue weighted by molar-refractivity contribution is -0.127. The molecule has 5 rings (SSSR count). The van der Waals surface area contributed by atoms with Crippen molar-refractivity contribution in [2.75, 3.05) is 6.79 Å². The van der Waals surface area contributed by atoms with Crippen molar-refractivity contribution in [3.8, 4) is 11.5 Å². The Morgan fingerprint density at radius 3 is 2.57 bits per heavy atom. The zero-order valence-electron chi connectivity index (χ0n) is 19.4. The zero-order valence-corrected chi connectivity index (χ0v) is 19.4. The molecule has 1 atom stereocenters. The highest BCUT2D eigenvalue weighted by atomic mass is 16.7. The molecule has 0 radical (unpaired) electrons. The molecule has 35 heavy (non-hydrogen) atoms. The number of nitrogens with one attached hydrogen (secondary N) is 1. The summed E-state index contributed by atoms with van der Waals surface area (Å²) in [5.41, 5.74) is 1.73. The largest absolute Gasteiger partial charge is 0.454 e. The lowest BCUT2D eigenvalue weighted by Gasteiger charge is -2.33. The standard InChI is InChI=1S/C27H28N4O4/c32-26(30-21-9-5-2-6-10-21)25(20-7-3-1-4-8-20)31(27(33)22-16-28-13-14-29-22)17-19-11-12-23-24(15-19)35-18-34-23/h1,3-4,7-8,11-16,21,25H,2,5-6,9-10,17-18H2,(H,30,32)/t25-/m0/s1. The normalized spacial score (nSPS) is 15.9. The number of amides is 2. The summed E-state index contributed by atoms with van der Waals surface area (Å²) in [4.78, 5) is 37.4. The van der Waals surface area contributed by atoms with Crippen molar-refractivity contribution < 1.29 is 19.1 Å². The minimum absolute atomic E-state index is 0.112. The molecule has 1 aromatic heterocycles. The van der Waals surface area contributed by atoms with Crippen molar-refractivity contribution in [3.05, 3.63) is 83.9 Å². The molecule has 1 N–H and O–H groups in total. The topological polar surface area (TPSA) is 93.7 Å². The third-order valence-electron chi connectivity index (χ3n) is 6.46. The minimum atomic E-state index is -0.835. The third-order valence-corrected chi connectivity index (χ3v) is 6.46. The zero-order chi connectivity index (χ0) is 24.0. The van der Waals surface area contributed by atoms with E-state index < -0.39 is 6.04 Å². The summed E-state index contributed by atoms with van der Waals surface area (Å²) >= 11 is 0. The lowest BCUT2D eigenvalue weighted by Crippen LogP contribution is -2.47. The van der Waals surface area contributed by atoms with E-state index in [1.165, 1.54) is 25.0 Å². The van der Waals surface area contributed by atoms with Crippen LogP contribution >= 0.6 is 0 Å². The maximum atomic E-state index is 13.8. The average molecular weight is 473 g/mol. The molecule has 0 saturated heterocycles. The lowest BCUT2D eigenvalue weighted by atomic mass is 9.94. The van der Waals surface area contributed by atoms with Gasteiger partial charge in [0.05, 0.1) is 6.20 Å². The molecule has 3 aromatic rings. The van der Waals surface area contributed by atoms with Crippen molar-refractivity contribution in [3.63, 3.8) is 0 Å². The summed E-state index contributed by atoms with van der Waals surface area (Å²) in [7, 11) is 0. The van der Waals surface area contributed by atoms with Gasteiger partial charge in [-0.2, -0.15) is 0 Å². The molecule has 0 spiro atoms. The minimum Gasteiger partial charge on any atom is -0.454 e. The number of ether oxygens (including phenoxy) is 2. The molecule has 2 aromatic carbocycles. The van der Waals surface area contributed by atoms with E-state index in [1.54, 1.807) is 4.90 Å². The van der Waals surface area contributed by atoms with Gasteiger partial charge in [0.1, 0.15) is 11.7 Å². The van der Waals surface area contributed by atoms with Gasteiger partial charge in [0, 0.05) is 25.0 Å². The highest BCUT2D eigenvalue weighted by Gasteiger charge is 2.34. The van der Waals surface area contributed by atoms with Crippen LogP contribution in [0.15, 0.2) is 67.1 Å². The predicted octanol–water partition coefficient (Wildman–Crippen LogP) is 4.04. The number of hydrogen-bond donors (Lipinski definition) is 1. The van der Waals surface area contributed by atoms with E-state index in [0.29, 0.717) is 11.5 Å². The molecule has 2 heterocycles. The van der Waals surface area contributed by atoms with E-state index in [4.69, 9.17) is 9.47 Å². The molecular weight excluding hydrogens is 444 g/mol. The van der Waals surface area contributed by atoms with E-state index in [9.17, 15) is 9.59 Å². The Hall–Kier alpha value is -3.94. The van der Waals surface area contributed by atoms with Crippen LogP contribution in [0.4, 0.5) is 0 Å². The van der Waals surface area contributed by atoms with Crippen LogP contribution in [0.5, 0.6) is 11.5 Å². The smallest absolute Gasteiger partial charge is 0.275 e. The highest BCUT2D eigenvalue weighted by Crippen LogP contribution is 2.34. The van der Waals surface area contributed by atoms with Crippen LogP contribution in [-0.2, 0) is 11.3 Å². The van der Waals surface area contributed by atoms with Gasteiger partial charge >= 0.3 is 0 Å². The second-order valence-electron chi connectivity index (χ2n) is 8.87. The molecule has 0 unspecified atom stereocenters. The number of aromatic nitrogens is 2. The Morgan fingerprint density at radius 1 is 1.00 bits per heavy atom. The van der Waals surface area contributed by atoms with Gasteiger partial charge in [0.25, 0.3) is 5.91 Å². The molecule has 1 saturated carbocycles. The maximum Gasteiger partial charge on any atom is 0.275 e. The van der Waals surface area contributed by atoms with Crippen molar-refractivity contribution in [1.82, 2.24) is 20.2 Å². The molecule has 8 heteroatoms. The number of fused-ring (bicyclic) bond motifs is 1. The molecule has 8 nitrogen and oxygen atoms in total. The molecule has 180 valence electrons. The van der Waals surface area contributed by atoms with Gasteiger partial charge in [0.2, 0.25) is 12.7 Å². The van der Waals surface area contributed by atoms with Crippen LogP contribution in [0.2, 0.25) is 0 Å². The van der Waals surface area contributed by atoms with Gasteiger partial charge in [-0.1, -0.05) is 55.7 Å². The number of benzene rings is 2. The van der Waals surface area contributed by atoms with Gasteiger partial charge < -0.3 is 19.7 Å². The second-order valence-corrected chi connectivity index (χ2v) is 8.87. The Morgan fingerprint density at radius 2 is 1.80 bits per heavy atom. The molecule has 1 aliphatic carbocycles. The summed E-state index contributed by atoms with van der Waals surface area (Å²) in [5, 5.41) is 3.22. The van der Waals surface area contributed by atoms with Gasteiger partial charge in [-0.25, -0.2) is 4.98 Å². The fourth-order valence-electron chi connectivity index (χ4n) is 4.71. The first-order chi connectivity index (χ1) is 17.2. The average Bonchev–Trinajstić information content (AvgIpc) is 3.38. The van der Waals surface area contributed by atoms with Gasteiger partial charge in [-0.15, -0.1) is 0 Å². The fraction of sp³-hybridized carbons (Fsp3) is 0.333. The monoisotopic (exact) mass is 472 g/mol. The summed E-state index contributed by atoms with van der Waals surface area (Å²) in [6.07, 6.45) is 9.71. The van der Waals surface area contributed by atoms with E-state index in [-0.39, 0.29) is 36.9 Å². The third kappa shape index (κ3) is 5.26. The summed E-state index contributed by atoms with van der Waals surface area (Å²) in [5.74, 6) is 0.719. The molecule has 2 aliphatic rings. The number of nitrogens with zero attached hydrogens (tertiary/aromatic N) is 3. The number of rotatable bonds is 7. The second kappa shape index (κ2) is 10.5. The summed E-state index contributed by atoms with van der Waals surface area (Å²) in [6, 6.07) is 14.2. The maximum absolute atomic E-state index is 13.8. The Labute approximate surface area is 204 Å². The van der Waals surface area contributed by atoms with Crippen LogP contribution in [0.3, 0.4) is 0 Å². The number of carbonyl (C=O) groups is 2. The number of hydrogen-bond acceptors (Lipinski definition) is 6. The van der Waals surface area contributed by atoms with Gasteiger partial charge in [0.15, 0.2) is 11.5 Å². The summed E-state index contributed by atoms with van der Waals surface area (Å²) < 4.78 is 11.0. The molecular formula is C27H28N4O4. The first-order valence-corrected chi connectivity index (χ1v) is 12.0. The highest BCUT2D eigenvalue weighted by molar-refractivity contribution is 5.96. The van der Waals surface area contributed by atoms with Crippen molar-refractivity contribution in [2.24, 2.45) is 0 Å². The van der Waals surface area contributed by atoms with Crippen molar-refractivity contribution in [2.45, 2.75) is 50.7 Å². The summed E-state index contributed by atoms with van der Waals surface area (Å²) in [6.45, 7) is 0.348. The van der Waals surface area contributed by atoms with Crippen LogP contribution < -0.4 is 14.8 Å². The van der Waals surface area contributed by atoms with E-state index >= 15 is 0 Å². The Bertz CT molecular complexity index is 1170. The molecule has 1 fully saturated rings. The first-order valence-electron chi connectivity index (χ1n) is 12.0. The Kier molecular flexibility index (Phi) is 6.88. The van der Waals surface area contributed by atoms with Gasteiger partial charge in [-0.3, -0.25) is 14.6 Å². The van der Waals surface area contributed by atoms with Crippen LogP contribution in [0.1, 0.15) is 59.8 Å². The van der Waals surface area contributed by atoms with E-state index in [0.717, 1.165) is 36.8 Å². The van der Waals surface area contributed by atoms with Crippen LogP contribution in [0, 0.1) is 0 Å².